The number of rotatable bonds is 3. The average Bonchev–Trinajstić information content (AvgIpc) is 2.80. The summed E-state index contributed by atoms with van der Waals surface area (Å²) in [5, 5.41) is 9.21. The molecule has 0 aliphatic carbocycles. The zero-order valence-electron chi connectivity index (χ0n) is 11.7. The van der Waals surface area contributed by atoms with Crippen molar-refractivity contribution in [1.82, 2.24) is 9.47 Å². The first kappa shape index (κ1) is 15.1. The van der Waals surface area contributed by atoms with E-state index in [1.165, 1.54) is 0 Å². The number of aromatic nitrogens is 1. The van der Waals surface area contributed by atoms with Crippen LogP contribution in [0, 0.1) is 5.41 Å². The van der Waals surface area contributed by atoms with Gasteiger partial charge in [-0.15, -0.1) is 0 Å². The number of piperidine rings is 1. The molecule has 0 saturated carbocycles. The second-order valence-corrected chi connectivity index (χ2v) is 6.40. The fourth-order valence-corrected chi connectivity index (χ4v) is 2.96. The average molecular weight is 343 g/mol. The minimum absolute atomic E-state index is 0.0232. The normalized spacial score (nSPS) is 18.1. The summed E-state index contributed by atoms with van der Waals surface area (Å²) in [6.45, 7) is 5.46. The quantitative estimate of drug-likeness (QED) is 0.918. The Morgan fingerprint density at radius 1 is 1.40 bits per heavy atom. The summed E-state index contributed by atoms with van der Waals surface area (Å²) in [5.74, 6) is -0.797. The molecule has 0 bridgehead atoms. The molecule has 1 aliphatic rings. The molecule has 0 atom stereocenters. The van der Waals surface area contributed by atoms with E-state index in [1.807, 2.05) is 23.8 Å². The second-order valence-electron chi connectivity index (χ2n) is 5.49. The zero-order chi connectivity index (χ0) is 14.9. The highest BCUT2D eigenvalue weighted by Gasteiger charge is 2.38. The maximum atomic E-state index is 12.5. The van der Waals surface area contributed by atoms with Gasteiger partial charge >= 0.3 is 5.97 Å². The van der Waals surface area contributed by atoms with E-state index in [4.69, 9.17) is 0 Å². The van der Waals surface area contributed by atoms with E-state index in [1.54, 1.807) is 11.8 Å². The van der Waals surface area contributed by atoms with Crippen LogP contribution in [0.5, 0.6) is 0 Å². The second kappa shape index (κ2) is 5.60. The third-order valence-electron chi connectivity index (χ3n) is 4.09. The number of halogens is 1. The van der Waals surface area contributed by atoms with Gasteiger partial charge in [-0.05, 0) is 48.7 Å². The summed E-state index contributed by atoms with van der Waals surface area (Å²) < 4.78 is 2.78. The van der Waals surface area contributed by atoms with Gasteiger partial charge in [0.15, 0.2) is 0 Å². The number of carbonyl (C=O) groups is 2. The molecule has 1 N–H and O–H groups in total. The van der Waals surface area contributed by atoms with E-state index >= 15 is 0 Å². The Bertz CT molecular complexity index is 531. The Kier molecular flexibility index (Phi) is 4.22. The lowest BCUT2D eigenvalue weighted by atomic mass is 9.80. The third-order valence-corrected chi connectivity index (χ3v) is 4.53. The van der Waals surface area contributed by atoms with Gasteiger partial charge in [-0.1, -0.05) is 0 Å². The van der Waals surface area contributed by atoms with Gasteiger partial charge in [-0.3, -0.25) is 9.59 Å². The predicted molar refractivity (Wildman–Crippen MR) is 78.7 cm³/mol. The Morgan fingerprint density at radius 2 is 2.00 bits per heavy atom. The SMILES string of the molecule is CCn1cc(Br)cc1C(=O)N1CCC(C)(C(=O)O)CC1. The van der Waals surface area contributed by atoms with E-state index in [-0.39, 0.29) is 5.91 Å². The van der Waals surface area contributed by atoms with Gasteiger partial charge in [0.25, 0.3) is 5.91 Å². The molecule has 1 amide bonds. The lowest BCUT2D eigenvalue weighted by molar-refractivity contribution is -0.150. The molecule has 1 aromatic heterocycles. The molecule has 6 heteroatoms. The van der Waals surface area contributed by atoms with Crippen LogP contribution in [0.2, 0.25) is 0 Å². The van der Waals surface area contributed by atoms with E-state index in [0.29, 0.717) is 31.6 Å². The highest BCUT2D eigenvalue weighted by atomic mass is 79.9. The molecule has 2 rings (SSSR count). The molecular formula is C14H19BrN2O3. The largest absolute Gasteiger partial charge is 0.481 e. The van der Waals surface area contributed by atoms with Crippen LogP contribution >= 0.6 is 15.9 Å². The minimum atomic E-state index is -0.774. The van der Waals surface area contributed by atoms with E-state index in [0.717, 1.165) is 11.0 Å². The van der Waals surface area contributed by atoms with Gasteiger partial charge in [-0.2, -0.15) is 0 Å². The Balaban J connectivity index is 2.10. The molecular weight excluding hydrogens is 324 g/mol. The smallest absolute Gasteiger partial charge is 0.309 e. The highest BCUT2D eigenvalue weighted by molar-refractivity contribution is 9.10. The number of hydrogen-bond donors (Lipinski definition) is 1. The van der Waals surface area contributed by atoms with E-state index in [9.17, 15) is 14.7 Å². The van der Waals surface area contributed by atoms with Gasteiger partial charge in [0.1, 0.15) is 5.69 Å². The standard InChI is InChI=1S/C14H19BrN2O3/c1-3-16-9-10(15)8-11(16)12(18)17-6-4-14(2,5-7-17)13(19)20/h8-9H,3-7H2,1-2H3,(H,19,20). The molecule has 20 heavy (non-hydrogen) atoms. The number of aliphatic carboxylic acids is 1. The molecule has 2 heterocycles. The topological polar surface area (TPSA) is 62.5 Å². The van der Waals surface area contributed by atoms with Gasteiger partial charge in [0.05, 0.1) is 5.41 Å². The Hall–Kier alpha value is -1.30. The molecule has 5 nitrogen and oxygen atoms in total. The molecule has 110 valence electrons. The Labute approximate surface area is 126 Å². The number of hydrogen-bond acceptors (Lipinski definition) is 2. The monoisotopic (exact) mass is 342 g/mol. The number of nitrogens with zero attached hydrogens (tertiary/aromatic N) is 2. The molecule has 0 spiro atoms. The lowest BCUT2D eigenvalue weighted by Gasteiger charge is -2.36. The van der Waals surface area contributed by atoms with Crippen molar-refractivity contribution in [3.05, 3.63) is 22.4 Å². The molecule has 1 aromatic rings. The van der Waals surface area contributed by atoms with Crippen LogP contribution in [-0.4, -0.2) is 39.5 Å². The fourth-order valence-electron chi connectivity index (χ4n) is 2.49. The van der Waals surface area contributed by atoms with Crippen LogP contribution in [0.1, 0.15) is 37.2 Å². The zero-order valence-corrected chi connectivity index (χ0v) is 13.3. The van der Waals surface area contributed by atoms with Crippen molar-refractivity contribution in [2.45, 2.75) is 33.2 Å². The summed E-state index contributed by atoms with van der Waals surface area (Å²) in [4.78, 5) is 25.5. The van der Waals surface area contributed by atoms with Crippen molar-refractivity contribution in [3.63, 3.8) is 0 Å². The molecule has 1 saturated heterocycles. The maximum Gasteiger partial charge on any atom is 0.309 e. The van der Waals surface area contributed by atoms with Crippen molar-refractivity contribution in [1.29, 1.82) is 0 Å². The van der Waals surface area contributed by atoms with Gasteiger partial charge in [-0.25, -0.2) is 0 Å². The number of likely N-dealkylation sites (tertiary alicyclic amines) is 1. The molecule has 0 unspecified atom stereocenters. The first-order chi connectivity index (χ1) is 9.37. The van der Waals surface area contributed by atoms with Gasteiger partial charge in [0, 0.05) is 30.3 Å². The summed E-state index contributed by atoms with van der Waals surface area (Å²) >= 11 is 3.38. The van der Waals surface area contributed by atoms with Crippen LogP contribution < -0.4 is 0 Å². The highest BCUT2D eigenvalue weighted by Crippen LogP contribution is 2.31. The number of carboxylic acid groups (broad SMARTS) is 1. The predicted octanol–water partition coefficient (Wildman–Crippen LogP) is 2.60. The van der Waals surface area contributed by atoms with Crippen molar-refractivity contribution in [2.75, 3.05) is 13.1 Å². The molecule has 0 radical (unpaired) electrons. The molecule has 1 fully saturated rings. The summed E-state index contributed by atoms with van der Waals surface area (Å²) in [7, 11) is 0. The fraction of sp³-hybridized carbons (Fsp3) is 0.571. The summed E-state index contributed by atoms with van der Waals surface area (Å²) in [6, 6.07) is 1.82. The van der Waals surface area contributed by atoms with E-state index < -0.39 is 11.4 Å². The van der Waals surface area contributed by atoms with Crippen LogP contribution in [0.3, 0.4) is 0 Å². The van der Waals surface area contributed by atoms with Crippen LogP contribution in [-0.2, 0) is 11.3 Å². The van der Waals surface area contributed by atoms with Gasteiger partial charge in [0.2, 0.25) is 0 Å². The number of carbonyl (C=O) groups excluding carboxylic acids is 1. The van der Waals surface area contributed by atoms with Crippen LogP contribution in [0.25, 0.3) is 0 Å². The van der Waals surface area contributed by atoms with Crippen molar-refractivity contribution < 1.29 is 14.7 Å². The summed E-state index contributed by atoms with van der Waals surface area (Å²) in [6.07, 6.45) is 2.89. The van der Waals surface area contributed by atoms with Gasteiger partial charge < -0.3 is 14.6 Å². The maximum absolute atomic E-state index is 12.5. The van der Waals surface area contributed by atoms with Crippen LogP contribution in [0.4, 0.5) is 0 Å². The first-order valence-corrected chi connectivity index (χ1v) is 7.55. The minimum Gasteiger partial charge on any atom is -0.481 e. The van der Waals surface area contributed by atoms with Crippen LogP contribution in [0.15, 0.2) is 16.7 Å². The van der Waals surface area contributed by atoms with Crippen molar-refractivity contribution in [3.8, 4) is 0 Å². The first-order valence-electron chi connectivity index (χ1n) is 6.76. The molecule has 1 aliphatic heterocycles. The Morgan fingerprint density at radius 3 is 2.50 bits per heavy atom. The lowest BCUT2D eigenvalue weighted by Crippen LogP contribution is -2.45. The van der Waals surface area contributed by atoms with Crippen molar-refractivity contribution in [2.24, 2.45) is 5.41 Å². The molecule has 0 aromatic carbocycles. The third kappa shape index (κ3) is 2.75. The number of amides is 1. The number of carboxylic acids is 1. The summed E-state index contributed by atoms with van der Waals surface area (Å²) in [5.41, 5.74) is -0.0530. The van der Waals surface area contributed by atoms with E-state index in [2.05, 4.69) is 15.9 Å². The van der Waals surface area contributed by atoms with Crippen molar-refractivity contribution >= 4 is 27.8 Å². The number of aryl methyl sites for hydroxylation is 1.